The van der Waals surface area contributed by atoms with Crippen LogP contribution in [-0.4, -0.2) is 34.4 Å². The number of hydrogen-bond donors (Lipinski definition) is 1. The van der Waals surface area contributed by atoms with E-state index in [9.17, 15) is 4.79 Å². The minimum atomic E-state index is -0.974. The molecule has 0 bridgehead atoms. The van der Waals surface area contributed by atoms with Crippen LogP contribution < -0.4 is 5.32 Å². The number of methoxy groups -OCH3 is 1. The molecule has 2 aromatic rings. The van der Waals surface area contributed by atoms with Crippen LogP contribution >= 0.6 is 0 Å². The van der Waals surface area contributed by atoms with Gasteiger partial charge in [0.1, 0.15) is 12.7 Å². The molecule has 6 heteroatoms. The molecular formula is C14H18N4O2. The number of nitrogens with zero attached hydrogens (tertiary/aromatic N) is 3. The Kier molecular flexibility index (Phi) is 4.47. The van der Waals surface area contributed by atoms with Crippen LogP contribution in [0.25, 0.3) is 0 Å². The molecule has 1 aromatic heterocycles. The zero-order valence-corrected chi connectivity index (χ0v) is 11.6. The van der Waals surface area contributed by atoms with Gasteiger partial charge in [-0.1, -0.05) is 37.3 Å². The molecule has 0 saturated heterocycles. The average Bonchev–Trinajstić information content (AvgIpc) is 2.99. The molecule has 106 valence electrons. The molecule has 0 radical (unpaired) electrons. The van der Waals surface area contributed by atoms with Crippen molar-refractivity contribution in [3.05, 3.63) is 48.5 Å². The molecule has 0 amide bonds. The Hall–Kier alpha value is -2.21. The van der Waals surface area contributed by atoms with E-state index in [-0.39, 0.29) is 5.97 Å². The number of aromatic nitrogens is 3. The van der Waals surface area contributed by atoms with Crippen molar-refractivity contribution >= 4 is 5.97 Å². The van der Waals surface area contributed by atoms with Gasteiger partial charge in [0.2, 0.25) is 0 Å². The molecule has 20 heavy (non-hydrogen) atoms. The number of carbonyl (C=O) groups excluding carboxylic acids is 1. The number of likely N-dealkylation sites (N-methyl/N-ethyl adjacent to an activating group) is 1. The lowest BCUT2D eigenvalue weighted by Gasteiger charge is -2.32. The van der Waals surface area contributed by atoms with Crippen LogP contribution in [-0.2, 0) is 21.6 Å². The lowest BCUT2D eigenvalue weighted by molar-refractivity contribution is -0.150. The molecule has 1 atom stereocenters. The average molecular weight is 274 g/mol. The normalized spacial score (nSPS) is 13.7. The highest BCUT2D eigenvalue weighted by Crippen LogP contribution is 2.25. The van der Waals surface area contributed by atoms with E-state index in [2.05, 4.69) is 15.4 Å². The van der Waals surface area contributed by atoms with Crippen molar-refractivity contribution in [2.24, 2.45) is 0 Å². The minimum Gasteiger partial charge on any atom is -0.467 e. The lowest BCUT2D eigenvalue weighted by atomic mass is 9.89. The van der Waals surface area contributed by atoms with Gasteiger partial charge in [-0.15, -0.1) is 0 Å². The van der Waals surface area contributed by atoms with Gasteiger partial charge in [-0.05, 0) is 12.1 Å². The van der Waals surface area contributed by atoms with E-state index in [1.807, 2.05) is 37.3 Å². The Labute approximate surface area is 117 Å². The summed E-state index contributed by atoms with van der Waals surface area (Å²) in [5.41, 5.74) is -0.137. The summed E-state index contributed by atoms with van der Waals surface area (Å²) in [6.45, 7) is 2.89. The van der Waals surface area contributed by atoms with Crippen LogP contribution in [0, 0.1) is 0 Å². The Morgan fingerprint density at radius 3 is 2.70 bits per heavy atom. The Bertz CT molecular complexity index is 542. The van der Waals surface area contributed by atoms with Crippen LogP contribution in [0.2, 0.25) is 0 Å². The van der Waals surface area contributed by atoms with Crippen molar-refractivity contribution < 1.29 is 9.53 Å². The van der Waals surface area contributed by atoms with E-state index in [1.54, 1.807) is 11.0 Å². The molecule has 1 unspecified atom stereocenters. The van der Waals surface area contributed by atoms with Gasteiger partial charge in [-0.2, -0.15) is 5.10 Å². The third kappa shape index (κ3) is 2.70. The van der Waals surface area contributed by atoms with Gasteiger partial charge < -0.3 is 4.74 Å². The first kappa shape index (κ1) is 14.2. The Morgan fingerprint density at radius 1 is 1.40 bits per heavy atom. The second kappa shape index (κ2) is 6.29. The summed E-state index contributed by atoms with van der Waals surface area (Å²) in [7, 11) is 1.39. The highest BCUT2D eigenvalue weighted by molar-refractivity contribution is 5.82. The van der Waals surface area contributed by atoms with E-state index in [0.717, 1.165) is 5.56 Å². The predicted molar refractivity (Wildman–Crippen MR) is 73.8 cm³/mol. The van der Waals surface area contributed by atoms with Crippen LogP contribution in [0.15, 0.2) is 43.0 Å². The SMILES string of the molecule is CCNC(Cn1cncn1)(C(=O)OC)c1ccccc1. The second-order valence-electron chi connectivity index (χ2n) is 4.39. The summed E-state index contributed by atoms with van der Waals surface area (Å²) < 4.78 is 6.63. The van der Waals surface area contributed by atoms with Gasteiger partial charge in [-0.3, -0.25) is 10.00 Å². The summed E-state index contributed by atoms with van der Waals surface area (Å²) in [6, 6.07) is 9.50. The van der Waals surface area contributed by atoms with Gasteiger partial charge in [0.05, 0.1) is 13.7 Å². The van der Waals surface area contributed by atoms with Gasteiger partial charge >= 0.3 is 5.97 Å². The number of nitrogens with one attached hydrogen (secondary N) is 1. The van der Waals surface area contributed by atoms with E-state index in [4.69, 9.17) is 4.74 Å². The molecule has 1 heterocycles. The first-order valence-corrected chi connectivity index (χ1v) is 6.44. The summed E-state index contributed by atoms with van der Waals surface area (Å²) in [5.74, 6) is -0.346. The van der Waals surface area contributed by atoms with E-state index in [1.165, 1.54) is 13.4 Å². The Balaban J connectivity index is 2.47. The van der Waals surface area contributed by atoms with Gasteiger partial charge in [0.15, 0.2) is 5.54 Å². The molecule has 0 aliphatic carbocycles. The molecule has 0 spiro atoms. The Morgan fingerprint density at radius 2 is 2.15 bits per heavy atom. The third-order valence-corrected chi connectivity index (χ3v) is 3.14. The molecule has 1 N–H and O–H groups in total. The van der Waals surface area contributed by atoms with Crippen molar-refractivity contribution in [2.75, 3.05) is 13.7 Å². The summed E-state index contributed by atoms with van der Waals surface area (Å²) >= 11 is 0. The smallest absolute Gasteiger partial charge is 0.332 e. The molecular weight excluding hydrogens is 256 g/mol. The maximum absolute atomic E-state index is 12.4. The van der Waals surface area contributed by atoms with Crippen molar-refractivity contribution in [2.45, 2.75) is 19.0 Å². The fraction of sp³-hybridized carbons (Fsp3) is 0.357. The van der Waals surface area contributed by atoms with Crippen LogP contribution in [0.4, 0.5) is 0 Å². The number of esters is 1. The van der Waals surface area contributed by atoms with Crippen molar-refractivity contribution in [1.82, 2.24) is 20.1 Å². The predicted octanol–water partition coefficient (Wildman–Crippen LogP) is 0.956. The topological polar surface area (TPSA) is 69.0 Å². The number of carbonyl (C=O) groups is 1. The van der Waals surface area contributed by atoms with Crippen LogP contribution in [0.5, 0.6) is 0 Å². The van der Waals surface area contributed by atoms with Gasteiger partial charge in [0, 0.05) is 0 Å². The number of ether oxygens (including phenoxy) is 1. The van der Waals surface area contributed by atoms with Crippen molar-refractivity contribution in [3.63, 3.8) is 0 Å². The third-order valence-electron chi connectivity index (χ3n) is 3.14. The maximum Gasteiger partial charge on any atom is 0.332 e. The number of hydrogen-bond acceptors (Lipinski definition) is 5. The minimum absolute atomic E-state index is 0.317. The largest absolute Gasteiger partial charge is 0.467 e. The first-order chi connectivity index (χ1) is 9.73. The fourth-order valence-electron chi connectivity index (χ4n) is 2.26. The van der Waals surface area contributed by atoms with Crippen LogP contribution in [0.3, 0.4) is 0 Å². The molecule has 0 aliphatic heterocycles. The molecule has 1 aromatic carbocycles. The standard InChI is InChI=1S/C14H18N4O2/c1-3-16-14(13(19)20-2,9-18-11-15-10-17-18)12-7-5-4-6-8-12/h4-8,10-11,16H,3,9H2,1-2H3. The number of benzene rings is 1. The van der Waals surface area contributed by atoms with Crippen molar-refractivity contribution in [1.29, 1.82) is 0 Å². The lowest BCUT2D eigenvalue weighted by Crippen LogP contribution is -2.53. The zero-order valence-electron chi connectivity index (χ0n) is 11.6. The number of rotatable bonds is 6. The molecule has 0 saturated carbocycles. The van der Waals surface area contributed by atoms with Crippen molar-refractivity contribution in [3.8, 4) is 0 Å². The van der Waals surface area contributed by atoms with Gasteiger partial charge in [0.25, 0.3) is 0 Å². The molecule has 2 rings (SSSR count). The van der Waals surface area contributed by atoms with E-state index >= 15 is 0 Å². The quantitative estimate of drug-likeness (QED) is 0.794. The second-order valence-corrected chi connectivity index (χ2v) is 4.39. The zero-order chi connectivity index (χ0) is 14.4. The van der Waals surface area contributed by atoms with Gasteiger partial charge in [-0.25, -0.2) is 9.78 Å². The summed E-state index contributed by atoms with van der Waals surface area (Å²) in [4.78, 5) is 16.3. The van der Waals surface area contributed by atoms with E-state index in [0.29, 0.717) is 13.1 Å². The summed E-state index contributed by atoms with van der Waals surface area (Å²) in [6.07, 6.45) is 3.02. The highest BCUT2D eigenvalue weighted by atomic mass is 16.5. The molecule has 0 aliphatic rings. The molecule has 0 fully saturated rings. The molecule has 6 nitrogen and oxygen atoms in total. The van der Waals surface area contributed by atoms with Crippen LogP contribution in [0.1, 0.15) is 12.5 Å². The fourth-order valence-corrected chi connectivity index (χ4v) is 2.26. The van der Waals surface area contributed by atoms with E-state index < -0.39 is 5.54 Å². The summed E-state index contributed by atoms with van der Waals surface area (Å²) in [5, 5.41) is 7.32. The maximum atomic E-state index is 12.4. The first-order valence-electron chi connectivity index (χ1n) is 6.44. The highest BCUT2D eigenvalue weighted by Gasteiger charge is 2.41. The monoisotopic (exact) mass is 274 g/mol.